The van der Waals surface area contributed by atoms with Crippen LogP contribution in [-0.4, -0.2) is 18.9 Å². The van der Waals surface area contributed by atoms with Crippen LogP contribution in [0.25, 0.3) is 0 Å². The first-order valence-corrected chi connectivity index (χ1v) is 3.66. The fourth-order valence-corrected chi connectivity index (χ4v) is 0.685. The van der Waals surface area contributed by atoms with Crippen molar-refractivity contribution in [2.24, 2.45) is 5.92 Å². The Morgan fingerprint density at radius 2 is 2.10 bits per heavy atom. The molecule has 0 atom stereocenters. The van der Waals surface area contributed by atoms with Crippen molar-refractivity contribution >= 4 is 0 Å². The molecule has 0 radical (unpaired) electrons. The van der Waals surface area contributed by atoms with Gasteiger partial charge in [0.05, 0.1) is 6.61 Å². The molecule has 0 amide bonds. The minimum Gasteiger partial charge on any atom is -0.762 e. The molecule has 0 unspecified atom stereocenters. The highest BCUT2D eigenvalue weighted by Crippen LogP contribution is 2.03. The first-order chi connectivity index (χ1) is 4.63. The van der Waals surface area contributed by atoms with Gasteiger partial charge < -0.3 is 10.0 Å². The van der Waals surface area contributed by atoms with Gasteiger partial charge in [-0.25, -0.2) is 0 Å². The van der Waals surface area contributed by atoms with Gasteiger partial charge in [-0.1, -0.05) is 13.8 Å². The first-order valence-electron chi connectivity index (χ1n) is 3.66. The fraction of sp³-hybridized carbons (Fsp3) is 1.00. The van der Waals surface area contributed by atoms with E-state index in [4.69, 9.17) is 0 Å². The largest absolute Gasteiger partial charge is 0.762 e. The summed E-state index contributed by atoms with van der Waals surface area (Å²) < 4.78 is 0. The smallest absolute Gasteiger partial charge is 0.0673 e. The Kier molecular flexibility index (Phi) is 5.58. The molecule has 0 aliphatic carbocycles. The molecule has 0 fully saturated rings. The van der Waals surface area contributed by atoms with Crippen LogP contribution in [0.15, 0.2) is 0 Å². The summed E-state index contributed by atoms with van der Waals surface area (Å²) >= 11 is 0. The SMILES string of the molecule is CC(C)CCCON(C)[O-]. The zero-order valence-electron chi connectivity index (χ0n) is 6.96. The molecule has 62 valence electrons. The summed E-state index contributed by atoms with van der Waals surface area (Å²) in [4.78, 5) is 4.67. The second-order valence-electron chi connectivity index (χ2n) is 2.81. The average Bonchev–Trinajstić information content (AvgIpc) is 1.79. The topological polar surface area (TPSA) is 35.5 Å². The van der Waals surface area contributed by atoms with Crippen molar-refractivity contribution in [3.8, 4) is 0 Å². The van der Waals surface area contributed by atoms with Crippen molar-refractivity contribution in [1.82, 2.24) is 5.23 Å². The van der Waals surface area contributed by atoms with Crippen LogP contribution in [0.3, 0.4) is 0 Å². The van der Waals surface area contributed by atoms with E-state index in [0.717, 1.165) is 12.8 Å². The fourth-order valence-electron chi connectivity index (χ4n) is 0.685. The molecule has 0 saturated heterocycles. The van der Waals surface area contributed by atoms with Gasteiger partial charge in [-0.3, -0.25) is 5.23 Å². The first kappa shape index (κ1) is 9.88. The summed E-state index contributed by atoms with van der Waals surface area (Å²) in [5.74, 6) is 0.695. The van der Waals surface area contributed by atoms with E-state index in [2.05, 4.69) is 18.7 Å². The van der Waals surface area contributed by atoms with E-state index in [1.165, 1.54) is 7.05 Å². The van der Waals surface area contributed by atoms with Crippen LogP contribution in [0.1, 0.15) is 26.7 Å². The van der Waals surface area contributed by atoms with Crippen molar-refractivity contribution in [2.75, 3.05) is 13.7 Å². The Hall–Kier alpha value is -0.120. The lowest BCUT2D eigenvalue weighted by Crippen LogP contribution is -2.11. The van der Waals surface area contributed by atoms with Crippen LogP contribution in [0, 0.1) is 11.1 Å². The monoisotopic (exact) mass is 146 g/mol. The van der Waals surface area contributed by atoms with Crippen LogP contribution in [0.2, 0.25) is 0 Å². The lowest BCUT2D eigenvalue weighted by atomic mass is 10.1. The maximum absolute atomic E-state index is 10.2. The third-order valence-corrected chi connectivity index (χ3v) is 1.20. The highest BCUT2D eigenvalue weighted by molar-refractivity contribution is 4.43. The molecule has 0 saturated carbocycles. The predicted octanol–water partition coefficient (Wildman–Crippen LogP) is 1.78. The van der Waals surface area contributed by atoms with E-state index in [9.17, 15) is 5.21 Å². The number of nitrogens with zero attached hydrogens (tertiary/aromatic N) is 1. The molecule has 0 rings (SSSR count). The number of hydrogen-bond acceptors (Lipinski definition) is 3. The number of hydroxylamine groups is 2. The van der Waals surface area contributed by atoms with E-state index < -0.39 is 0 Å². The molecule has 0 bridgehead atoms. The van der Waals surface area contributed by atoms with E-state index in [-0.39, 0.29) is 0 Å². The van der Waals surface area contributed by atoms with Gasteiger partial charge in [-0.2, -0.15) is 0 Å². The second kappa shape index (κ2) is 5.65. The van der Waals surface area contributed by atoms with Crippen molar-refractivity contribution in [3.63, 3.8) is 0 Å². The highest BCUT2D eigenvalue weighted by atomic mass is 16.9. The Morgan fingerprint density at radius 3 is 2.50 bits per heavy atom. The standard InChI is InChI=1S/C7H16NO2/c1-7(2)5-4-6-10-8(3)9/h7H,4-6H2,1-3H3/q-1. The average molecular weight is 146 g/mol. The van der Waals surface area contributed by atoms with E-state index in [0.29, 0.717) is 17.8 Å². The Balaban J connectivity index is 2.91. The summed E-state index contributed by atoms with van der Waals surface area (Å²) in [6, 6.07) is 0. The molecule has 0 aliphatic rings. The van der Waals surface area contributed by atoms with Gasteiger partial charge in [-0.15, -0.1) is 0 Å². The molecule has 0 aromatic carbocycles. The van der Waals surface area contributed by atoms with Crippen molar-refractivity contribution < 1.29 is 4.84 Å². The van der Waals surface area contributed by atoms with Gasteiger partial charge in [0.15, 0.2) is 0 Å². The van der Waals surface area contributed by atoms with Gasteiger partial charge in [-0.05, 0) is 25.8 Å². The van der Waals surface area contributed by atoms with Crippen molar-refractivity contribution in [3.05, 3.63) is 5.21 Å². The van der Waals surface area contributed by atoms with Gasteiger partial charge in [0, 0.05) is 0 Å². The van der Waals surface area contributed by atoms with Crippen LogP contribution in [0.4, 0.5) is 0 Å². The summed E-state index contributed by atoms with van der Waals surface area (Å²) in [6.07, 6.45) is 2.08. The maximum atomic E-state index is 10.2. The molecule has 3 heteroatoms. The Bertz CT molecular complexity index is 64.0. The van der Waals surface area contributed by atoms with E-state index in [1.54, 1.807) is 0 Å². The summed E-state index contributed by atoms with van der Waals surface area (Å²) in [7, 11) is 1.36. The molecular weight excluding hydrogens is 130 g/mol. The van der Waals surface area contributed by atoms with Crippen LogP contribution < -0.4 is 0 Å². The van der Waals surface area contributed by atoms with Gasteiger partial charge in [0.2, 0.25) is 0 Å². The zero-order valence-corrected chi connectivity index (χ0v) is 6.96. The molecule has 3 nitrogen and oxygen atoms in total. The minimum atomic E-state index is 0.500. The minimum absolute atomic E-state index is 0.500. The third-order valence-electron chi connectivity index (χ3n) is 1.20. The highest BCUT2D eigenvalue weighted by Gasteiger charge is 1.92. The van der Waals surface area contributed by atoms with Gasteiger partial charge >= 0.3 is 0 Å². The molecule has 0 aliphatic heterocycles. The quantitative estimate of drug-likeness (QED) is 0.438. The Labute approximate surface area is 62.5 Å². The molecule has 0 aromatic rings. The summed E-state index contributed by atoms with van der Waals surface area (Å²) in [5, 5.41) is 10.7. The van der Waals surface area contributed by atoms with Crippen LogP contribution in [-0.2, 0) is 4.84 Å². The molecule has 0 aromatic heterocycles. The molecule has 0 heterocycles. The number of rotatable bonds is 5. The number of hydrogen-bond donors (Lipinski definition) is 0. The molecular formula is C7H16NO2-. The lowest BCUT2D eigenvalue weighted by molar-refractivity contribution is -0.101. The predicted molar refractivity (Wildman–Crippen MR) is 41.2 cm³/mol. The lowest BCUT2D eigenvalue weighted by Gasteiger charge is -2.20. The van der Waals surface area contributed by atoms with Crippen LogP contribution in [0.5, 0.6) is 0 Å². The molecule has 10 heavy (non-hydrogen) atoms. The van der Waals surface area contributed by atoms with E-state index in [1.807, 2.05) is 0 Å². The normalized spacial score (nSPS) is 11.4. The van der Waals surface area contributed by atoms with Crippen molar-refractivity contribution in [2.45, 2.75) is 26.7 Å². The second-order valence-corrected chi connectivity index (χ2v) is 2.81. The zero-order chi connectivity index (χ0) is 7.98. The summed E-state index contributed by atoms with van der Waals surface area (Å²) in [5.41, 5.74) is 0. The van der Waals surface area contributed by atoms with E-state index >= 15 is 0 Å². The third kappa shape index (κ3) is 7.88. The van der Waals surface area contributed by atoms with Crippen LogP contribution >= 0.6 is 0 Å². The summed E-state index contributed by atoms with van der Waals surface area (Å²) in [6.45, 7) is 4.85. The maximum Gasteiger partial charge on any atom is 0.0673 e. The molecule has 0 spiro atoms. The van der Waals surface area contributed by atoms with Gasteiger partial charge in [0.1, 0.15) is 0 Å². The Morgan fingerprint density at radius 1 is 1.50 bits per heavy atom. The van der Waals surface area contributed by atoms with Crippen molar-refractivity contribution in [1.29, 1.82) is 0 Å². The molecule has 0 N–H and O–H groups in total. The van der Waals surface area contributed by atoms with Gasteiger partial charge in [0.25, 0.3) is 0 Å².